The van der Waals surface area contributed by atoms with Crippen molar-refractivity contribution in [2.45, 2.75) is 24.8 Å². The van der Waals surface area contributed by atoms with Gasteiger partial charge in [-0.2, -0.15) is 0 Å². The lowest BCUT2D eigenvalue weighted by Gasteiger charge is -2.27. The van der Waals surface area contributed by atoms with E-state index in [0.29, 0.717) is 5.37 Å². The quantitative estimate of drug-likeness (QED) is 0.849. The predicted molar refractivity (Wildman–Crippen MR) is 74.3 cm³/mol. The minimum Gasteiger partial charge on any atom is -0.469 e. The molecule has 1 fully saturated rings. The normalized spacial score (nSPS) is 23.6. The molecule has 1 aromatic rings. The Morgan fingerprint density at radius 3 is 2.94 bits per heavy atom. The number of carbonyl (C=O) groups is 1. The van der Waals surface area contributed by atoms with Crippen LogP contribution in [0.1, 0.15) is 18.4 Å². The first-order valence-corrected chi connectivity index (χ1v) is 7.31. The zero-order valence-electron chi connectivity index (χ0n) is 10.6. The number of rotatable bonds is 4. The second-order valence-corrected chi connectivity index (χ2v) is 5.78. The number of methoxy groups -OCH3 is 1. The van der Waals surface area contributed by atoms with Crippen LogP contribution in [0.2, 0.25) is 0 Å². The third-order valence-corrected chi connectivity index (χ3v) is 4.43. The van der Waals surface area contributed by atoms with Crippen molar-refractivity contribution in [1.29, 1.82) is 0 Å². The monoisotopic (exact) mass is 265 g/mol. The topological polar surface area (TPSA) is 38.3 Å². The van der Waals surface area contributed by atoms with E-state index in [4.69, 9.17) is 4.74 Å². The van der Waals surface area contributed by atoms with E-state index in [1.54, 1.807) is 0 Å². The average molecular weight is 265 g/mol. The van der Waals surface area contributed by atoms with Crippen molar-refractivity contribution < 1.29 is 9.53 Å². The van der Waals surface area contributed by atoms with E-state index in [0.717, 1.165) is 25.1 Å². The Bertz CT molecular complexity index is 383. The van der Waals surface area contributed by atoms with Crippen molar-refractivity contribution in [2.75, 3.05) is 12.9 Å². The third-order valence-electron chi connectivity index (χ3n) is 3.20. The molecule has 0 amide bonds. The first-order valence-electron chi connectivity index (χ1n) is 6.26. The zero-order valence-corrected chi connectivity index (χ0v) is 11.4. The van der Waals surface area contributed by atoms with Crippen LogP contribution in [0.3, 0.4) is 0 Å². The molecule has 1 saturated heterocycles. The fourth-order valence-electron chi connectivity index (χ4n) is 2.15. The van der Waals surface area contributed by atoms with Gasteiger partial charge in [0.15, 0.2) is 0 Å². The highest BCUT2D eigenvalue weighted by Gasteiger charge is 2.27. The fraction of sp³-hybridized carbons (Fsp3) is 0.500. The molecule has 0 bridgehead atoms. The minimum absolute atomic E-state index is 0.0597. The van der Waals surface area contributed by atoms with E-state index >= 15 is 0 Å². The van der Waals surface area contributed by atoms with Gasteiger partial charge in [-0.1, -0.05) is 30.3 Å². The molecule has 2 unspecified atom stereocenters. The molecule has 1 aromatic carbocycles. The van der Waals surface area contributed by atoms with E-state index < -0.39 is 0 Å². The van der Waals surface area contributed by atoms with Gasteiger partial charge >= 0.3 is 5.97 Å². The molecule has 1 aliphatic rings. The fourth-order valence-corrected chi connectivity index (χ4v) is 3.42. The third kappa shape index (κ3) is 3.75. The van der Waals surface area contributed by atoms with Gasteiger partial charge in [0.2, 0.25) is 0 Å². The number of esters is 1. The van der Waals surface area contributed by atoms with Crippen LogP contribution in [0.25, 0.3) is 0 Å². The van der Waals surface area contributed by atoms with Gasteiger partial charge in [0.25, 0.3) is 0 Å². The van der Waals surface area contributed by atoms with Gasteiger partial charge in [-0.05, 0) is 24.2 Å². The summed E-state index contributed by atoms with van der Waals surface area (Å²) in [5, 5.41) is 3.85. The van der Waals surface area contributed by atoms with Crippen LogP contribution >= 0.6 is 11.8 Å². The summed E-state index contributed by atoms with van der Waals surface area (Å²) in [6, 6.07) is 10.3. The predicted octanol–water partition coefficient (Wildman–Crippen LogP) is 2.42. The van der Waals surface area contributed by atoms with Gasteiger partial charge in [-0.15, -0.1) is 11.8 Å². The van der Waals surface area contributed by atoms with Gasteiger partial charge in [-0.3, -0.25) is 4.79 Å². The highest BCUT2D eigenvalue weighted by molar-refractivity contribution is 7.99. The molecule has 2 rings (SSSR count). The highest BCUT2D eigenvalue weighted by atomic mass is 32.2. The second kappa shape index (κ2) is 6.81. The molecule has 4 heteroatoms. The molecule has 98 valence electrons. The summed E-state index contributed by atoms with van der Waals surface area (Å²) < 4.78 is 4.82. The largest absolute Gasteiger partial charge is 0.469 e. The number of hydrogen-bond acceptors (Lipinski definition) is 4. The van der Waals surface area contributed by atoms with Gasteiger partial charge in [0.05, 0.1) is 18.4 Å². The van der Waals surface area contributed by atoms with Crippen molar-refractivity contribution in [2.24, 2.45) is 5.92 Å². The van der Waals surface area contributed by atoms with Gasteiger partial charge < -0.3 is 10.1 Å². The molecular formula is C14H19NO2S. The van der Waals surface area contributed by atoms with Gasteiger partial charge in [-0.25, -0.2) is 0 Å². The maximum atomic E-state index is 11.5. The van der Waals surface area contributed by atoms with Crippen LogP contribution in [-0.2, 0) is 16.1 Å². The Hall–Kier alpha value is -1.00. The molecule has 0 saturated carbocycles. The molecule has 2 atom stereocenters. The smallest absolute Gasteiger partial charge is 0.308 e. The van der Waals surface area contributed by atoms with Crippen molar-refractivity contribution in [3.63, 3.8) is 0 Å². The Labute approximate surface area is 112 Å². The van der Waals surface area contributed by atoms with Crippen molar-refractivity contribution in [1.82, 2.24) is 5.32 Å². The summed E-state index contributed by atoms with van der Waals surface area (Å²) in [4.78, 5) is 11.5. The Balaban J connectivity index is 1.81. The molecular weight excluding hydrogens is 246 g/mol. The lowest BCUT2D eigenvalue weighted by molar-refractivity contribution is -0.145. The molecule has 1 N–H and O–H groups in total. The molecule has 0 radical (unpaired) electrons. The van der Waals surface area contributed by atoms with Crippen LogP contribution < -0.4 is 5.32 Å². The lowest BCUT2D eigenvalue weighted by atomic mass is 10.0. The van der Waals surface area contributed by atoms with Crippen LogP contribution in [0.15, 0.2) is 30.3 Å². The summed E-state index contributed by atoms with van der Waals surface area (Å²) in [5.41, 5.74) is 1.28. The molecule has 1 heterocycles. The number of thioether (sulfide) groups is 1. The van der Waals surface area contributed by atoms with Crippen LogP contribution in [0.4, 0.5) is 0 Å². The van der Waals surface area contributed by atoms with Gasteiger partial charge in [0, 0.05) is 6.54 Å². The summed E-state index contributed by atoms with van der Waals surface area (Å²) >= 11 is 1.90. The standard InChI is InChI=1S/C14H19NO2S/c1-17-14(16)12-7-8-18-13(9-12)15-10-11-5-3-2-4-6-11/h2-6,12-13,15H,7-10H2,1H3. The number of carbonyl (C=O) groups excluding carboxylic acids is 1. The first-order chi connectivity index (χ1) is 8.79. The average Bonchev–Trinajstić information content (AvgIpc) is 2.45. The summed E-state index contributed by atoms with van der Waals surface area (Å²) in [6.07, 6.45) is 1.80. The van der Waals surface area contributed by atoms with Crippen molar-refractivity contribution in [3.05, 3.63) is 35.9 Å². The Morgan fingerprint density at radius 2 is 2.22 bits per heavy atom. The zero-order chi connectivity index (χ0) is 12.8. The SMILES string of the molecule is COC(=O)C1CCSC(NCc2ccccc2)C1. The Kier molecular flexibility index (Phi) is 5.08. The lowest BCUT2D eigenvalue weighted by Crippen LogP contribution is -2.34. The van der Waals surface area contributed by atoms with Crippen LogP contribution in [0, 0.1) is 5.92 Å². The summed E-state index contributed by atoms with van der Waals surface area (Å²) in [7, 11) is 1.47. The number of ether oxygens (including phenoxy) is 1. The maximum Gasteiger partial charge on any atom is 0.308 e. The molecule has 1 aliphatic heterocycles. The molecule has 18 heavy (non-hydrogen) atoms. The van der Waals surface area contributed by atoms with Crippen LogP contribution in [0.5, 0.6) is 0 Å². The summed E-state index contributed by atoms with van der Waals surface area (Å²) in [6.45, 7) is 0.854. The number of nitrogens with one attached hydrogen (secondary N) is 1. The van der Waals surface area contributed by atoms with E-state index in [1.165, 1.54) is 12.7 Å². The van der Waals surface area contributed by atoms with Gasteiger partial charge in [0.1, 0.15) is 0 Å². The first kappa shape index (κ1) is 13.4. The van der Waals surface area contributed by atoms with E-state index in [-0.39, 0.29) is 11.9 Å². The number of hydrogen-bond donors (Lipinski definition) is 1. The van der Waals surface area contributed by atoms with E-state index in [1.807, 2.05) is 30.0 Å². The van der Waals surface area contributed by atoms with E-state index in [9.17, 15) is 4.79 Å². The maximum absolute atomic E-state index is 11.5. The second-order valence-electron chi connectivity index (χ2n) is 4.47. The minimum atomic E-state index is -0.0678. The number of benzene rings is 1. The van der Waals surface area contributed by atoms with Crippen molar-refractivity contribution >= 4 is 17.7 Å². The van der Waals surface area contributed by atoms with Crippen molar-refractivity contribution in [3.8, 4) is 0 Å². The summed E-state index contributed by atoms with van der Waals surface area (Å²) in [5.74, 6) is 1.01. The van der Waals surface area contributed by atoms with Crippen LogP contribution in [-0.4, -0.2) is 24.2 Å². The molecule has 0 spiro atoms. The molecule has 3 nitrogen and oxygen atoms in total. The highest BCUT2D eigenvalue weighted by Crippen LogP contribution is 2.29. The molecule has 0 aromatic heterocycles. The Morgan fingerprint density at radius 1 is 1.44 bits per heavy atom. The van der Waals surface area contributed by atoms with E-state index in [2.05, 4.69) is 17.4 Å². The molecule has 0 aliphatic carbocycles.